The zero-order valence-electron chi connectivity index (χ0n) is 10.2. The average Bonchev–Trinajstić information content (AvgIpc) is 2.34. The summed E-state index contributed by atoms with van der Waals surface area (Å²) in [5.74, 6) is 0. The molecule has 1 N–H and O–H groups in total. The molecule has 0 aromatic rings. The molecule has 1 aliphatic rings. The van der Waals surface area contributed by atoms with Gasteiger partial charge in [0.05, 0.1) is 12.2 Å². The molecule has 1 aliphatic heterocycles. The maximum absolute atomic E-state index is 9.94. The fourth-order valence-corrected chi connectivity index (χ4v) is 2.63. The van der Waals surface area contributed by atoms with Crippen molar-refractivity contribution in [2.45, 2.75) is 70.0 Å². The van der Waals surface area contributed by atoms with E-state index < -0.39 is 0 Å². The van der Waals surface area contributed by atoms with Crippen LogP contribution in [-0.4, -0.2) is 29.3 Å². The van der Waals surface area contributed by atoms with Crippen LogP contribution in [0, 0.1) is 0 Å². The molecule has 0 aromatic carbocycles. The van der Waals surface area contributed by atoms with Gasteiger partial charge in [-0.1, -0.05) is 41.6 Å². The van der Waals surface area contributed by atoms with Crippen molar-refractivity contribution in [3.63, 3.8) is 0 Å². The second kappa shape index (κ2) is 9.43. The van der Waals surface area contributed by atoms with E-state index in [9.17, 15) is 5.11 Å². The summed E-state index contributed by atoms with van der Waals surface area (Å²) >= 11 is 3.44. The highest BCUT2D eigenvalue weighted by Crippen LogP contribution is 2.19. The molecule has 0 aliphatic carbocycles. The molecule has 2 atom stereocenters. The predicted molar refractivity (Wildman–Crippen MR) is 71.1 cm³/mol. The van der Waals surface area contributed by atoms with Gasteiger partial charge in [0.25, 0.3) is 0 Å². The van der Waals surface area contributed by atoms with Crippen LogP contribution in [0.3, 0.4) is 0 Å². The number of aliphatic hydroxyl groups excluding tert-OH is 1. The van der Waals surface area contributed by atoms with Crippen LogP contribution in [0.1, 0.15) is 57.8 Å². The molecule has 0 bridgehead atoms. The van der Waals surface area contributed by atoms with Gasteiger partial charge in [-0.25, -0.2) is 0 Å². The Kier molecular flexibility index (Phi) is 8.52. The molecule has 0 saturated carbocycles. The number of hydrogen-bond donors (Lipinski definition) is 1. The largest absolute Gasteiger partial charge is 0.390 e. The zero-order chi connectivity index (χ0) is 11.6. The highest BCUT2D eigenvalue weighted by Gasteiger charge is 2.21. The van der Waals surface area contributed by atoms with Gasteiger partial charge in [0.15, 0.2) is 0 Å². The lowest BCUT2D eigenvalue weighted by atomic mass is 9.99. The van der Waals surface area contributed by atoms with Crippen molar-refractivity contribution in [3.8, 4) is 0 Å². The zero-order valence-corrected chi connectivity index (χ0v) is 11.8. The Balaban J connectivity index is 1.94. The lowest BCUT2D eigenvalue weighted by Gasteiger charge is -2.27. The molecular weight excluding hydrogens is 268 g/mol. The lowest BCUT2D eigenvalue weighted by Crippen LogP contribution is -2.32. The van der Waals surface area contributed by atoms with Gasteiger partial charge in [-0.15, -0.1) is 0 Å². The van der Waals surface area contributed by atoms with Crippen LogP contribution in [0.5, 0.6) is 0 Å². The Hall–Kier alpha value is 0.400. The highest BCUT2D eigenvalue weighted by molar-refractivity contribution is 9.09. The van der Waals surface area contributed by atoms with Gasteiger partial charge in [0.2, 0.25) is 0 Å². The fraction of sp³-hybridized carbons (Fsp3) is 1.00. The standard InChI is InChI=1S/C13H25BrO2/c14-10-6-3-1-2-4-8-12(15)13-9-5-7-11-16-13/h12-13,15H,1-11H2. The maximum atomic E-state index is 9.94. The normalized spacial score (nSPS) is 23.2. The van der Waals surface area contributed by atoms with Crippen LogP contribution in [0.25, 0.3) is 0 Å². The predicted octanol–water partition coefficient (Wildman–Crippen LogP) is 3.65. The van der Waals surface area contributed by atoms with Crippen LogP contribution in [0.2, 0.25) is 0 Å². The van der Waals surface area contributed by atoms with Crippen LogP contribution < -0.4 is 0 Å². The van der Waals surface area contributed by atoms with Crippen molar-refractivity contribution in [1.82, 2.24) is 0 Å². The van der Waals surface area contributed by atoms with Crippen molar-refractivity contribution in [2.75, 3.05) is 11.9 Å². The van der Waals surface area contributed by atoms with E-state index in [1.54, 1.807) is 0 Å². The molecule has 2 nitrogen and oxygen atoms in total. The summed E-state index contributed by atoms with van der Waals surface area (Å²) in [4.78, 5) is 0. The summed E-state index contributed by atoms with van der Waals surface area (Å²) in [6.45, 7) is 0.840. The van der Waals surface area contributed by atoms with E-state index in [0.717, 1.165) is 37.6 Å². The minimum atomic E-state index is -0.225. The molecule has 2 unspecified atom stereocenters. The van der Waals surface area contributed by atoms with Crippen molar-refractivity contribution in [1.29, 1.82) is 0 Å². The van der Waals surface area contributed by atoms with Crippen LogP contribution in [-0.2, 0) is 4.74 Å². The summed E-state index contributed by atoms with van der Waals surface area (Å²) in [6, 6.07) is 0. The van der Waals surface area contributed by atoms with Crippen molar-refractivity contribution < 1.29 is 9.84 Å². The van der Waals surface area contributed by atoms with E-state index in [2.05, 4.69) is 15.9 Å². The Morgan fingerprint density at radius 2 is 1.88 bits per heavy atom. The maximum Gasteiger partial charge on any atom is 0.0833 e. The molecule has 0 aromatic heterocycles. The number of alkyl halides is 1. The first-order valence-electron chi connectivity index (χ1n) is 6.70. The van der Waals surface area contributed by atoms with Crippen LogP contribution in [0.4, 0.5) is 0 Å². The Morgan fingerprint density at radius 1 is 1.12 bits per heavy atom. The summed E-state index contributed by atoms with van der Waals surface area (Å²) < 4.78 is 5.58. The third-order valence-corrected chi connectivity index (χ3v) is 3.84. The summed E-state index contributed by atoms with van der Waals surface area (Å²) in [5.41, 5.74) is 0. The Labute approximate surface area is 108 Å². The molecule has 1 saturated heterocycles. The van der Waals surface area contributed by atoms with Gasteiger partial charge in [-0.05, 0) is 32.1 Å². The van der Waals surface area contributed by atoms with E-state index in [-0.39, 0.29) is 12.2 Å². The average molecular weight is 293 g/mol. The number of halogens is 1. The molecular formula is C13H25BrO2. The number of rotatable bonds is 8. The number of aliphatic hydroxyl groups is 1. The fourth-order valence-electron chi connectivity index (χ4n) is 2.23. The monoisotopic (exact) mass is 292 g/mol. The van der Waals surface area contributed by atoms with E-state index in [1.807, 2.05) is 0 Å². The Morgan fingerprint density at radius 3 is 2.56 bits per heavy atom. The third kappa shape index (κ3) is 6.21. The molecule has 1 rings (SSSR count). The molecule has 0 amide bonds. The van der Waals surface area contributed by atoms with E-state index in [1.165, 1.54) is 32.1 Å². The lowest BCUT2D eigenvalue weighted by molar-refractivity contribution is -0.0648. The topological polar surface area (TPSA) is 29.5 Å². The number of hydrogen-bond acceptors (Lipinski definition) is 2. The molecule has 1 fully saturated rings. The smallest absolute Gasteiger partial charge is 0.0833 e. The summed E-state index contributed by atoms with van der Waals surface area (Å²) in [7, 11) is 0. The highest BCUT2D eigenvalue weighted by atomic mass is 79.9. The molecule has 0 spiro atoms. The van der Waals surface area contributed by atoms with Crippen LogP contribution >= 0.6 is 15.9 Å². The van der Waals surface area contributed by atoms with E-state index >= 15 is 0 Å². The SMILES string of the molecule is OC(CCCCCCCBr)C1CCCCO1. The van der Waals surface area contributed by atoms with E-state index in [0.29, 0.717) is 0 Å². The molecule has 3 heteroatoms. The first kappa shape index (κ1) is 14.5. The quantitative estimate of drug-likeness (QED) is 0.547. The second-order valence-corrected chi connectivity index (χ2v) is 5.51. The van der Waals surface area contributed by atoms with Gasteiger partial charge < -0.3 is 9.84 Å². The third-order valence-electron chi connectivity index (χ3n) is 3.28. The van der Waals surface area contributed by atoms with Gasteiger partial charge in [-0.2, -0.15) is 0 Å². The minimum absolute atomic E-state index is 0.122. The van der Waals surface area contributed by atoms with E-state index in [4.69, 9.17) is 4.74 Å². The number of unbranched alkanes of at least 4 members (excludes halogenated alkanes) is 4. The van der Waals surface area contributed by atoms with Crippen molar-refractivity contribution in [2.24, 2.45) is 0 Å². The summed E-state index contributed by atoms with van der Waals surface area (Å²) in [5, 5.41) is 11.1. The summed E-state index contributed by atoms with van der Waals surface area (Å²) in [6.07, 6.45) is 10.5. The molecule has 96 valence electrons. The molecule has 16 heavy (non-hydrogen) atoms. The number of ether oxygens (including phenoxy) is 1. The van der Waals surface area contributed by atoms with Crippen LogP contribution in [0.15, 0.2) is 0 Å². The van der Waals surface area contributed by atoms with Crippen molar-refractivity contribution in [3.05, 3.63) is 0 Å². The Bertz CT molecular complexity index is 158. The first-order valence-corrected chi connectivity index (χ1v) is 7.82. The minimum Gasteiger partial charge on any atom is -0.390 e. The van der Waals surface area contributed by atoms with Gasteiger partial charge in [0.1, 0.15) is 0 Å². The van der Waals surface area contributed by atoms with Gasteiger partial charge in [-0.3, -0.25) is 0 Å². The van der Waals surface area contributed by atoms with Crippen molar-refractivity contribution >= 4 is 15.9 Å². The first-order chi connectivity index (χ1) is 7.84. The van der Waals surface area contributed by atoms with Gasteiger partial charge in [0, 0.05) is 11.9 Å². The molecule has 0 radical (unpaired) electrons. The molecule has 1 heterocycles. The van der Waals surface area contributed by atoms with Gasteiger partial charge >= 0.3 is 0 Å². The second-order valence-electron chi connectivity index (χ2n) is 4.72.